The molecular weight excluding hydrogens is 404 g/mol. The molecule has 1 heterocycles. The molecule has 0 unspecified atom stereocenters. The third-order valence-electron chi connectivity index (χ3n) is 5.10. The summed E-state index contributed by atoms with van der Waals surface area (Å²) in [5.41, 5.74) is 4.07. The van der Waals surface area contributed by atoms with Gasteiger partial charge in [0, 0.05) is 10.9 Å². The van der Waals surface area contributed by atoms with Crippen molar-refractivity contribution in [1.29, 1.82) is 0 Å². The van der Waals surface area contributed by atoms with Gasteiger partial charge in [0.1, 0.15) is 5.75 Å². The molecule has 0 radical (unpaired) electrons. The zero-order chi connectivity index (χ0) is 22.0. The Morgan fingerprint density at radius 1 is 1.03 bits per heavy atom. The molecule has 158 valence electrons. The average molecular weight is 431 g/mol. The molecule has 1 aromatic heterocycles. The average Bonchev–Trinajstić information content (AvgIpc) is 3.20. The third-order valence-corrected chi connectivity index (χ3v) is 5.86. The number of carbonyl (C=O) groups excluding carboxylic acids is 1. The number of carbonyl (C=O) groups is 1. The summed E-state index contributed by atoms with van der Waals surface area (Å²) in [6.07, 6.45) is 0. The van der Waals surface area contributed by atoms with Gasteiger partial charge in [-0.05, 0) is 40.8 Å². The van der Waals surface area contributed by atoms with Crippen LogP contribution in [0.5, 0.6) is 5.75 Å². The molecule has 4 nitrogen and oxygen atoms in total. The van der Waals surface area contributed by atoms with Crippen LogP contribution < -0.4 is 10.1 Å². The summed E-state index contributed by atoms with van der Waals surface area (Å²) in [6.45, 7) is 8.41. The molecule has 4 rings (SSSR count). The second-order valence-corrected chi connectivity index (χ2v) is 9.54. The molecule has 0 fully saturated rings. The Hall–Kier alpha value is -3.18. The Kier molecular flexibility index (Phi) is 5.79. The van der Waals surface area contributed by atoms with Crippen LogP contribution in [0, 0.1) is 6.92 Å². The van der Waals surface area contributed by atoms with Gasteiger partial charge in [0.25, 0.3) is 5.91 Å². The number of thiazole rings is 1. The molecule has 0 aliphatic carbocycles. The van der Waals surface area contributed by atoms with E-state index in [-0.39, 0.29) is 17.9 Å². The van der Waals surface area contributed by atoms with Crippen LogP contribution in [0.25, 0.3) is 22.0 Å². The van der Waals surface area contributed by atoms with Gasteiger partial charge in [-0.3, -0.25) is 10.1 Å². The number of ether oxygens (including phenoxy) is 1. The summed E-state index contributed by atoms with van der Waals surface area (Å²) in [6, 6.07) is 20.5. The fourth-order valence-corrected chi connectivity index (χ4v) is 4.20. The summed E-state index contributed by atoms with van der Waals surface area (Å²) >= 11 is 1.41. The van der Waals surface area contributed by atoms with Crippen molar-refractivity contribution in [2.75, 3.05) is 11.9 Å². The van der Waals surface area contributed by atoms with Crippen LogP contribution >= 0.6 is 11.3 Å². The van der Waals surface area contributed by atoms with Crippen molar-refractivity contribution in [2.24, 2.45) is 0 Å². The van der Waals surface area contributed by atoms with E-state index in [1.807, 2.05) is 29.6 Å². The number of hydrogen-bond donors (Lipinski definition) is 1. The standard InChI is InChI=1S/C26H26N2O2S/c1-17-9-12-23(21(13-17)26(2,3)4)30-15-24(29)28-25-27-22(16-31-25)20-11-10-18-7-5-6-8-19(18)14-20/h5-14,16H,15H2,1-4H3,(H,27,28,29). The minimum Gasteiger partial charge on any atom is -0.483 e. The predicted octanol–water partition coefficient (Wildman–Crippen LogP) is 6.59. The van der Waals surface area contributed by atoms with Crippen molar-refractivity contribution in [3.8, 4) is 17.0 Å². The number of aromatic nitrogens is 1. The second kappa shape index (κ2) is 8.52. The van der Waals surface area contributed by atoms with E-state index < -0.39 is 0 Å². The number of benzene rings is 3. The molecule has 0 saturated carbocycles. The second-order valence-electron chi connectivity index (χ2n) is 8.69. The van der Waals surface area contributed by atoms with Gasteiger partial charge < -0.3 is 4.74 Å². The lowest BCUT2D eigenvalue weighted by Gasteiger charge is -2.23. The fourth-order valence-electron chi connectivity index (χ4n) is 3.47. The number of nitrogens with one attached hydrogen (secondary N) is 1. The van der Waals surface area contributed by atoms with Gasteiger partial charge in [0.05, 0.1) is 5.69 Å². The molecule has 1 N–H and O–H groups in total. The van der Waals surface area contributed by atoms with Crippen molar-refractivity contribution in [1.82, 2.24) is 4.98 Å². The van der Waals surface area contributed by atoms with E-state index in [0.717, 1.165) is 22.6 Å². The number of amides is 1. The summed E-state index contributed by atoms with van der Waals surface area (Å²) in [5, 5.41) is 7.73. The van der Waals surface area contributed by atoms with E-state index in [1.165, 1.54) is 27.7 Å². The zero-order valence-electron chi connectivity index (χ0n) is 18.2. The molecule has 0 bridgehead atoms. The summed E-state index contributed by atoms with van der Waals surface area (Å²) in [5.74, 6) is 0.518. The van der Waals surface area contributed by atoms with Gasteiger partial charge in [0.2, 0.25) is 0 Å². The monoisotopic (exact) mass is 430 g/mol. The van der Waals surface area contributed by atoms with E-state index in [9.17, 15) is 4.79 Å². The lowest BCUT2D eigenvalue weighted by molar-refractivity contribution is -0.118. The number of rotatable bonds is 5. The molecule has 0 aliphatic heterocycles. The first kappa shape index (κ1) is 21.1. The predicted molar refractivity (Wildman–Crippen MR) is 129 cm³/mol. The van der Waals surface area contributed by atoms with Gasteiger partial charge in [0.15, 0.2) is 11.7 Å². The van der Waals surface area contributed by atoms with Crippen molar-refractivity contribution < 1.29 is 9.53 Å². The molecule has 0 saturated heterocycles. The third kappa shape index (κ3) is 4.94. The van der Waals surface area contributed by atoms with Crippen LogP contribution in [0.2, 0.25) is 0 Å². The molecule has 0 spiro atoms. The van der Waals surface area contributed by atoms with Crippen molar-refractivity contribution >= 4 is 33.1 Å². The molecule has 31 heavy (non-hydrogen) atoms. The van der Waals surface area contributed by atoms with Gasteiger partial charge in [-0.2, -0.15) is 0 Å². The number of nitrogens with zero attached hydrogens (tertiary/aromatic N) is 1. The Labute approximate surface area is 186 Å². The maximum absolute atomic E-state index is 12.5. The van der Waals surface area contributed by atoms with Crippen LogP contribution in [0.15, 0.2) is 66.0 Å². The fraction of sp³-hybridized carbons (Fsp3) is 0.231. The quantitative estimate of drug-likeness (QED) is 0.389. The first-order valence-corrected chi connectivity index (χ1v) is 11.2. The summed E-state index contributed by atoms with van der Waals surface area (Å²) in [7, 11) is 0. The molecule has 4 aromatic rings. The van der Waals surface area contributed by atoms with E-state index >= 15 is 0 Å². The maximum Gasteiger partial charge on any atom is 0.264 e. The summed E-state index contributed by atoms with van der Waals surface area (Å²) in [4.78, 5) is 17.0. The molecule has 0 atom stereocenters. The van der Waals surface area contributed by atoms with Crippen LogP contribution in [0.1, 0.15) is 31.9 Å². The van der Waals surface area contributed by atoms with Crippen molar-refractivity contribution in [3.05, 3.63) is 77.2 Å². The highest BCUT2D eigenvalue weighted by atomic mass is 32.1. The summed E-state index contributed by atoms with van der Waals surface area (Å²) < 4.78 is 5.86. The minimum absolute atomic E-state index is 0.0585. The Morgan fingerprint density at radius 3 is 2.58 bits per heavy atom. The molecule has 5 heteroatoms. The molecule has 3 aromatic carbocycles. The highest BCUT2D eigenvalue weighted by Gasteiger charge is 2.20. The van der Waals surface area contributed by atoms with E-state index in [4.69, 9.17) is 4.74 Å². The van der Waals surface area contributed by atoms with E-state index in [0.29, 0.717) is 5.13 Å². The van der Waals surface area contributed by atoms with Gasteiger partial charge in [-0.15, -0.1) is 11.3 Å². The minimum atomic E-state index is -0.222. The lowest BCUT2D eigenvalue weighted by atomic mass is 9.85. The van der Waals surface area contributed by atoms with Crippen LogP contribution in [0.4, 0.5) is 5.13 Å². The number of aryl methyl sites for hydroxylation is 1. The van der Waals surface area contributed by atoms with Crippen molar-refractivity contribution in [2.45, 2.75) is 33.1 Å². The van der Waals surface area contributed by atoms with E-state index in [1.54, 1.807) is 0 Å². The Bertz CT molecular complexity index is 1240. The lowest BCUT2D eigenvalue weighted by Crippen LogP contribution is -2.22. The van der Waals surface area contributed by atoms with Gasteiger partial charge in [-0.1, -0.05) is 74.9 Å². The highest BCUT2D eigenvalue weighted by molar-refractivity contribution is 7.14. The maximum atomic E-state index is 12.5. The Morgan fingerprint density at radius 2 is 1.81 bits per heavy atom. The molecule has 0 aliphatic rings. The first-order chi connectivity index (χ1) is 14.8. The van der Waals surface area contributed by atoms with Crippen molar-refractivity contribution in [3.63, 3.8) is 0 Å². The van der Waals surface area contributed by atoms with Crippen LogP contribution in [0.3, 0.4) is 0 Å². The number of fused-ring (bicyclic) bond motifs is 1. The molecule has 1 amide bonds. The van der Waals surface area contributed by atoms with Gasteiger partial charge >= 0.3 is 0 Å². The number of anilines is 1. The van der Waals surface area contributed by atoms with E-state index in [2.05, 4.69) is 74.4 Å². The van der Waals surface area contributed by atoms with Crippen LogP contribution in [-0.4, -0.2) is 17.5 Å². The molecular formula is C26H26N2O2S. The van der Waals surface area contributed by atoms with Gasteiger partial charge in [-0.25, -0.2) is 4.98 Å². The number of hydrogen-bond acceptors (Lipinski definition) is 4. The zero-order valence-corrected chi connectivity index (χ0v) is 19.0. The highest BCUT2D eigenvalue weighted by Crippen LogP contribution is 2.32. The largest absolute Gasteiger partial charge is 0.483 e. The first-order valence-electron chi connectivity index (χ1n) is 10.3. The van der Waals surface area contributed by atoms with Crippen LogP contribution in [-0.2, 0) is 10.2 Å². The smallest absolute Gasteiger partial charge is 0.264 e. The SMILES string of the molecule is Cc1ccc(OCC(=O)Nc2nc(-c3ccc4ccccc4c3)cs2)c(C(C)(C)C)c1. The Balaban J connectivity index is 1.43. The normalized spacial score (nSPS) is 11.5. The topological polar surface area (TPSA) is 51.2 Å².